The van der Waals surface area contributed by atoms with Gasteiger partial charge in [0.05, 0.1) is 5.69 Å². The molecule has 132 valence electrons. The minimum Gasteiger partial charge on any atom is -0.507 e. The van der Waals surface area contributed by atoms with Gasteiger partial charge in [0.25, 0.3) is 0 Å². The van der Waals surface area contributed by atoms with E-state index in [1.807, 2.05) is 6.07 Å². The van der Waals surface area contributed by atoms with Gasteiger partial charge in [-0.05, 0) is 38.4 Å². The van der Waals surface area contributed by atoms with E-state index >= 15 is 0 Å². The lowest BCUT2D eigenvalue weighted by atomic mass is 9.97. The summed E-state index contributed by atoms with van der Waals surface area (Å²) in [4.78, 5) is 14.1. The van der Waals surface area contributed by atoms with Crippen molar-refractivity contribution in [2.45, 2.75) is 38.6 Å². The summed E-state index contributed by atoms with van der Waals surface area (Å²) in [5.74, 6) is 0.887. The third-order valence-electron chi connectivity index (χ3n) is 4.51. The average molecular weight is 353 g/mol. The largest absolute Gasteiger partial charge is 0.507 e. The van der Waals surface area contributed by atoms with Gasteiger partial charge in [0.2, 0.25) is 5.91 Å². The smallest absolute Gasteiger partial charge is 0.224 e. The number of ether oxygens (including phenoxy) is 1. The van der Waals surface area contributed by atoms with Crippen LogP contribution in [0.3, 0.4) is 0 Å². The molecule has 0 aromatic heterocycles. The summed E-state index contributed by atoms with van der Waals surface area (Å²) < 4.78 is 5.72. The molecule has 1 aromatic rings. The van der Waals surface area contributed by atoms with E-state index in [9.17, 15) is 9.90 Å². The number of amides is 1. The van der Waals surface area contributed by atoms with Crippen molar-refractivity contribution in [3.8, 4) is 11.5 Å². The minimum atomic E-state index is -0.0378. The summed E-state index contributed by atoms with van der Waals surface area (Å²) in [5.41, 5.74) is 2.28. The number of carbonyl (C=O) groups excluding carboxylic acids is 1. The molecule has 2 heterocycles. The number of rotatable bonds is 5. The lowest BCUT2D eigenvalue weighted by Crippen LogP contribution is -2.29. The fourth-order valence-electron chi connectivity index (χ4n) is 3.32. The van der Waals surface area contributed by atoms with Crippen LogP contribution in [0.5, 0.6) is 11.5 Å². The van der Waals surface area contributed by atoms with Crippen molar-refractivity contribution in [2.75, 3.05) is 25.0 Å². The molecule has 0 bridgehead atoms. The Hall–Kier alpha value is -1.72. The molecule has 2 aliphatic heterocycles. The number of nitrogens with one attached hydrogen (secondary N) is 1. The zero-order valence-corrected chi connectivity index (χ0v) is 14.7. The predicted octanol–water partition coefficient (Wildman–Crippen LogP) is 3.25. The number of hydrogen-bond acceptors (Lipinski definition) is 4. The van der Waals surface area contributed by atoms with Gasteiger partial charge in [-0.25, -0.2) is 0 Å². The first kappa shape index (κ1) is 18.6. The van der Waals surface area contributed by atoms with Crippen LogP contribution in [0.4, 0.5) is 5.69 Å². The molecule has 0 aliphatic carbocycles. The Morgan fingerprint density at radius 3 is 2.75 bits per heavy atom. The number of nitrogens with zero attached hydrogens (tertiary/aromatic N) is 1. The van der Waals surface area contributed by atoms with Crippen LogP contribution in [-0.4, -0.2) is 35.6 Å². The van der Waals surface area contributed by atoms with Crippen LogP contribution in [0.1, 0.15) is 36.8 Å². The van der Waals surface area contributed by atoms with Gasteiger partial charge in [0.15, 0.2) is 0 Å². The topological polar surface area (TPSA) is 61.8 Å². The fourth-order valence-corrected chi connectivity index (χ4v) is 3.32. The minimum absolute atomic E-state index is 0. The van der Waals surface area contributed by atoms with E-state index in [4.69, 9.17) is 4.74 Å². The van der Waals surface area contributed by atoms with Crippen molar-refractivity contribution < 1.29 is 14.6 Å². The third-order valence-corrected chi connectivity index (χ3v) is 4.51. The quantitative estimate of drug-likeness (QED) is 0.798. The second kappa shape index (κ2) is 8.40. The van der Waals surface area contributed by atoms with E-state index in [2.05, 4.69) is 16.8 Å². The Kier molecular flexibility index (Phi) is 6.52. The molecule has 1 aromatic carbocycles. The molecule has 5 nitrogen and oxygen atoms in total. The van der Waals surface area contributed by atoms with Gasteiger partial charge in [-0.15, -0.1) is 12.4 Å². The first-order valence-electron chi connectivity index (χ1n) is 8.32. The number of aromatic hydroxyl groups is 1. The standard InChI is InChI=1S/C18H24N2O3.ClH/c1-2-10-23-15-11-13(12-20-8-4-3-5-9-20)18(22)14-6-7-16(21)19-17(14)15;/h2,11,22H,1,3-10,12H2,(H,19,21);1H. The Morgan fingerprint density at radius 2 is 2.04 bits per heavy atom. The summed E-state index contributed by atoms with van der Waals surface area (Å²) in [7, 11) is 0. The molecule has 2 N–H and O–H groups in total. The van der Waals surface area contributed by atoms with Crippen molar-refractivity contribution in [3.05, 3.63) is 29.8 Å². The van der Waals surface area contributed by atoms with Gasteiger partial charge in [0.1, 0.15) is 18.1 Å². The molecular formula is C18H25ClN2O3. The van der Waals surface area contributed by atoms with Gasteiger partial charge >= 0.3 is 0 Å². The highest BCUT2D eigenvalue weighted by Crippen LogP contribution is 2.41. The molecule has 2 aliphatic rings. The van der Waals surface area contributed by atoms with Gasteiger partial charge < -0.3 is 15.2 Å². The number of anilines is 1. The maximum absolute atomic E-state index is 11.7. The number of halogens is 1. The molecule has 1 fully saturated rings. The van der Waals surface area contributed by atoms with Crippen LogP contribution in [-0.2, 0) is 17.8 Å². The van der Waals surface area contributed by atoms with E-state index in [-0.39, 0.29) is 18.3 Å². The van der Waals surface area contributed by atoms with Crippen LogP contribution in [0.25, 0.3) is 0 Å². The second-order valence-electron chi connectivity index (χ2n) is 6.22. The Balaban J connectivity index is 0.00000208. The summed E-state index contributed by atoms with van der Waals surface area (Å²) >= 11 is 0. The summed E-state index contributed by atoms with van der Waals surface area (Å²) in [6.07, 6.45) is 6.32. The predicted molar refractivity (Wildman–Crippen MR) is 97.1 cm³/mol. The van der Waals surface area contributed by atoms with Crippen molar-refractivity contribution in [1.29, 1.82) is 0 Å². The molecule has 0 radical (unpaired) electrons. The SMILES string of the molecule is C=CCOc1cc(CN2CCCCC2)c(O)c2c1NC(=O)CC2.Cl. The Labute approximate surface area is 149 Å². The number of fused-ring (bicyclic) bond motifs is 1. The van der Waals surface area contributed by atoms with Crippen molar-refractivity contribution >= 4 is 24.0 Å². The van der Waals surface area contributed by atoms with Crippen molar-refractivity contribution in [1.82, 2.24) is 4.90 Å². The molecule has 0 unspecified atom stereocenters. The second-order valence-corrected chi connectivity index (χ2v) is 6.22. The van der Waals surface area contributed by atoms with Crippen molar-refractivity contribution in [2.24, 2.45) is 0 Å². The number of benzene rings is 1. The first-order valence-corrected chi connectivity index (χ1v) is 8.32. The van der Waals surface area contributed by atoms with Crippen LogP contribution < -0.4 is 10.1 Å². The fraction of sp³-hybridized carbons (Fsp3) is 0.500. The number of piperidine rings is 1. The molecular weight excluding hydrogens is 328 g/mol. The van der Waals surface area contributed by atoms with Crippen molar-refractivity contribution in [3.63, 3.8) is 0 Å². The molecule has 24 heavy (non-hydrogen) atoms. The number of phenolic OH excluding ortho intramolecular Hbond substituents is 1. The molecule has 1 amide bonds. The van der Waals surface area contributed by atoms with Crippen LogP contribution in [0.15, 0.2) is 18.7 Å². The van der Waals surface area contributed by atoms with Gasteiger partial charge in [-0.3, -0.25) is 9.69 Å². The number of carbonyl (C=O) groups is 1. The zero-order chi connectivity index (χ0) is 16.2. The lowest BCUT2D eigenvalue weighted by Gasteiger charge is -2.28. The Bertz CT molecular complexity index is 613. The van der Waals surface area contributed by atoms with Gasteiger partial charge in [0, 0.05) is 24.1 Å². The number of phenols is 1. The highest BCUT2D eigenvalue weighted by Gasteiger charge is 2.25. The van der Waals surface area contributed by atoms with E-state index in [0.717, 1.165) is 30.8 Å². The normalized spacial score (nSPS) is 17.4. The summed E-state index contributed by atoms with van der Waals surface area (Å²) in [6.45, 7) is 6.89. The van der Waals surface area contributed by atoms with E-state index in [1.165, 1.54) is 19.3 Å². The highest BCUT2D eigenvalue weighted by molar-refractivity contribution is 5.96. The van der Waals surface area contributed by atoms with Crippen LogP contribution in [0, 0.1) is 0 Å². The maximum Gasteiger partial charge on any atom is 0.224 e. The molecule has 0 spiro atoms. The van der Waals surface area contributed by atoms with Gasteiger partial charge in [-0.1, -0.05) is 19.1 Å². The highest BCUT2D eigenvalue weighted by atomic mass is 35.5. The Morgan fingerprint density at radius 1 is 1.29 bits per heavy atom. The van der Waals surface area contributed by atoms with E-state index in [0.29, 0.717) is 36.6 Å². The monoisotopic (exact) mass is 352 g/mol. The average Bonchev–Trinajstić information content (AvgIpc) is 2.57. The molecule has 3 rings (SSSR count). The first-order chi connectivity index (χ1) is 11.2. The molecule has 6 heteroatoms. The van der Waals surface area contributed by atoms with E-state index < -0.39 is 0 Å². The third kappa shape index (κ3) is 4.02. The summed E-state index contributed by atoms with van der Waals surface area (Å²) in [6, 6.07) is 1.86. The van der Waals surface area contributed by atoms with Gasteiger partial charge in [-0.2, -0.15) is 0 Å². The zero-order valence-electron chi connectivity index (χ0n) is 13.8. The molecule has 0 atom stereocenters. The number of likely N-dealkylation sites (tertiary alicyclic amines) is 1. The van der Waals surface area contributed by atoms with E-state index in [1.54, 1.807) is 6.08 Å². The maximum atomic E-state index is 11.7. The molecule has 1 saturated heterocycles. The van der Waals surface area contributed by atoms with Crippen LogP contribution >= 0.6 is 12.4 Å². The lowest BCUT2D eigenvalue weighted by molar-refractivity contribution is -0.116. The molecule has 0 saturated carbocycles. The van der Waals surface area contributed by atoms with Crippen LogP contribution in [0.2, 0.25) is 0 Å². The summed E-state index contributed by atoms with van der Waals surface area (Å²) in [5, 5.41) is 13.5. The number of hydrogen-bond donors (Lipinski definition) is 2.